The number of nitrogens with one attached hydrogen (secondary N) is 1. The lowest BCUT2D eigenvalue weighted by atomic mass is 9.84. The maximum atomic E-state index is 12.8. The van der Waals surface area contributed by atoms with Crippen molar-refractivity contribution in [1.29, 1.82) is 0 Å². The number of halogens is 1. The number of aromatic nitrogens is 1. The lowest BCUT2D eigenvalue weighted by Gasteiger charge is -2.25. The Morgan fingerprint density at radius 3 is 2.37 bits per heavy atom. The van der Waals surface area contributed by atoms with E-state index in [-0.39, 0.29) is 5.91 Å². The average molecular weight is 404 g/mol. The highest BCUT2D eigenvalue weighted by Crippen LogP contribution is 2.35. The first kappa shape index (κ1) is 19.0. The van der Waals surface area contributed by atoms with E-state index in [0.29, 0.717) is 16.8 Å². The molecule has 30 heavy (non-hydrogen) atoms. The quantitative estimate of drug-likeness (QED) is 0.618. The van der Waals surface area contributed by atoms with Gasteiger partial charge in [-0.05, 0) is 79.5 Å². The molecule has 5 heteroatoms. The standard InChI is InChI=1S/C25H26FN3O/c26-13-19-5-6-21-12-22(14-27-24(21)11-19)28-25(30)20-7-9-23(10-8-20)29-15-17-1-2-18(16-29)4-3-17/h5-12,14,17-18H,1-4,13,15-16H2,(H,28,30). The van der Waals surface area contributed by atoms with Crippen LogP contribution in [0.5, 0.6) is 0 Å². The Morgan fingerprint density at radius 1 is 1.00 bits per heavy atom. The first-order valence-electron chi connectivity index (χ1n) is 10.8. The van der Waals surface area contributed by atoms with Gasteiger partial charge in [-0.15, -0.1) is 0 Å². The highest BCUT2D eigenvalue weighted by atomic mass is 19.1. The van der Waals surface area contributed by atoms with Crippen LogP contribution >= 0.6 is 0 Å². The van der Waals surface area contributed by atoms with E-state index >= 15 is 0 Å². The van der Waals surface area contributed by atoms with Gasteiger partial charge in [-0.25, -0.2) is 4.39 Å². The third-order valence-electron chi connectivity index (χ3n) is 6.58. The van der Waals surface area contributed by atoms with E-state index < -0.39 is 6.67 Å². The summed E-state index contributed by atoms with van der Waals surface area (Å²) >= 11 is 0. The number of fused-ring (bicyclic) bond motifs is 5. The molecule has 1 aliphatic carbocycles. The van der Waals surface area contributed by atoms with E-state index in [0.717, 1.165) is 35.8 Å². The molecule has 0 radical (unpaired) electrons. The number of alkyl halides is 1. The number of amides is 1. The van der Waals surface area contributed by atoms with Gasteiger partial charge in [0, 0.05) is 29.7 Å². The molecule has 0 unspecified atom stereocenters. The predicted octanol–water partition coefficient (Wildman–Crippen LogP) is 5.58. The van der Waals surface area contributed by atoms with Crippen molar-refractivity contribution in [2.45, 2.75) is 32.4 Å². The number of nitrogens with zero attached hydrogens (tertiary/aromatic N) is 2. The van der Waals surface area contributed by atoms with E-state index in [1.165, 1.54) is 31.4 Å². The molecule has 154 valence electrons. The predicted molar refractivity (Wildman–Crippen MR) is 119 cm³/mol. The van der Waals surface area contributed by atoms with Gasteiger partial charge in [-0.3, -0.25) is 9.78 Å². The molecule has 6 rings (SSSR count). The Balaban J connectivity index is 1.29. The fourth-order valence-corrected chi connectivity index (χ4v) is 4.85. The molecule has 2 aliphatic heterocycles. The number of anilines is 2. The van der Waals surface area contributed by atoms with Gasteiger partial charge in [-0.2, -0.15) is 0 Å². The molecule has 3 fully saturated rings. The number of benzene rings is 2. The second kappa shape index (κ2) is 8.05. The molecular weight excluding hydrogens is 377 g/mol. The van der Waals surface area contributed by atoms with Gasteiger partial charge in [-0.1, -0.05) is 12.1 Å². The van der Waals surface area contributed by atoms with Crippen LogP contribution < -0.4 is 10.2 Å². The molecular formula is C25H26FN3O. The fraction of sp³-hybridized carbons (Fsp3) is 0.360. The molecule has 2 aromatic carbocycles. The lowest BCUT2D eigenvalue weighted by Crippen LogP contribution is -2.28. The van der Waals surface area contributed by atoms with Crippen LogP contribution in [0.3, 0.4) is 0 Å². The van der Waals surface area contributed by atoms with Crippen LogP contribution in [0.1, 0.15) is 41.6 Å². The molecule has 3 heterocycles. The van der Waals surface area contributed by atoms with Crippen LogP contribution in [0, 0.1) is 11.8 Å². The van der Waals surface area contributed by atoms with Gasteiger partial charge in [0.2, 0.25) is 0 Å². The third kappa shape index (κ3) is 3.89. The smallest absolute Gasteiger partial charge is 0.255 e. The van der Waals surface area contributed by atoms with Gasteiger partial charge >= 0.3 is 0 Å². The number of hydrogen-bond donors (Lipinski definition) is 1. The SMILES string of the molecule is O=C(Nc1cnc2cc(CF)ccc2c1)c1ccc(N2CC3CCC(CC3)C2)cc1. The van der Waals surface area contributed by atoms with Gasteiger partial charge in [0.1, 0.15) is 6.67 Å². The zero-order chi connectivity index (χ0) is 20.5. The second-order valence-electron chi connectivity index (χ2n) is 8.68. The van der Waals surface area contributed by atoms with Crippen LogP contribution in [-0.4, -0.2) is 24.0 Å². The van der Waals surface area contributed by atoms with E-state index in [1.807, 2.05) is 24.3 Å². The van der Waals surface area contributed by atoms with Gasteiger partial charge < -0.3 is 10.2 Å². The van der Waals surface area contributed by atoms with Crippen molar-refractivity contribution in [2.24, 2.45) is 11.8 Å². The average Bonchev–Trinajstić information content (AvgIpc) is 3.13. The van der Waals surface area contributed by atoms with Crippen molar-refractivity contribution in [3.8, 4) is 0 Å². The highest BCUT2D eigenvalue weighted by molar-refractivity contribution is 6.05. The molecule has 1 amide bonds. The van der Waals surface area contributed by atoms with Gasteiger partial charge in [0.15, 0.2) is 0 Å². The summed E-state index contributed by atoms with van der Waals surface area (Å²) in [6.07, 6.45) is 7.05. The number of hydrogen-bond acceptors (Lipinski definition) is 3. The lowest BCUT2D eigenvalue weighted by molar-refractivity contribution is 0.102. The van der Waals surface area contributed by atoms with Crippen molar-refractivity contribution >= 4 is 28.2 Å². The summed E-state index contributed by atoms with van der Waals surface area (Å²) in [6.45, 7) is 1.76. The molecule has 2 bridgehead atoms. The van der Waals surface area contributed by atoms with Crippen molar-refractivity contribution in [3.05, 3.63) is 65.9 Å². The van der Waals surface area contributed by atoms with Gasteiger partial charge in [0.25, 0.3) is 5.91 Å². The number of carbonyl (C=O) groups excluding carboxylic acids is 1. The first-order valence-corrected chi connectivity index (χ1v) is 10.8. The molecule has 0 atom stereocenters. The van der Waals surface area contributed by atoms with Crippen LogP contribution in [0.2, 0.25) is 0 Å². The molecule has 3 aliphatic rings. The van der Waals surface area contributed by atoms with Crippen molar-refractivity contribution < 1.29 is 9.18 Å². The maximum Gasteiger partial charge on any atom is 0.255 e. The molecule has 2 saturated heterocycles. The van der Waals surface area contributed by atoms with Crippen molar-refractivity contribution in [3.63, 3.8) is 0 Å². The fourth-order valence-electron chi connectivity index (χ4n) is 4.85. The minimum absolute atomic E-state index is 0.154. The zero-order valence-electron chi connectivity index (χ0n) is 17.0. The summed E-state index contributed by atoms with van der Waals surface area (Å²) < 4.78 is 12.8. The van der Waals surface area contributed by atoms with Crippen LogP contribution in [0.25, 0.3) is 10.9 Å². The summed E-state index contributed by atoms with van der Waals surface area (Å²) in [5.74, 6) is 1.47. The van der Waals surface area contributed by atoms with Crippen molar-refractivity contribution in [1.82, 2.24) is 4.98 Å². The molecule has 1 saturated carbocycles. The maximum absolute atomic E-state index is 12.8. The van der Waals surface area contributed by atoms with E-state index in [4.69, 9.17) is 0 Å². The van der Waals surface area contributed by atoms with Gasteiger partial charge in [0.05, 0.1) is 17.4 Å². The van der Waals surface area contributed by atoms with Crippen LogP contribution in [0.4, 0.5) is 15.8 Å². The van der Waals surface area contributed by atoms with Crippen LogP contribution in [0.15, 0.2) is 54.7 Å². The largest absolute Gasteiger partial charge is 0.371 e. The summed E-state index contributed by atoms with van der Waals surface area (Å²) in [7, 11) is 0. The first-order chi connectivity index (χ1) is 14.7. The summed E-state index contributed by atoms with van der Waals surface area (Å²) in [5.41, 5.74) is 3.79. The highest BCUT2D eigenvalue weighted by Gasteiger charge is 2.29. The summed E-state index contributed by atoms with van der Waals surface area (Å²) in [4.78, 5) is 19.6. The Hall–Kier alpha value is -2.95. The second-order valence-corrected chi connectivity index (χ2v) is 8.68. The Morgan fingerprint density at radius 2 is 1.70 bits per heavy atom. The topological polar surface area (TPSA) is 45.2 Å². The minimum atomic E-state index is -0.509. The number of pyridine rings is 1. The summed E-state index contributed by atoms with van der Waals surface area (Å²) in [5, 5.41) is 3.79. The third-order valence-corrected chi connectivity index (χ3v) is 6.58. The molecule has 1 N–H and O–H groups in total. The minimum Gasteiger partial charge on any atom is -0.371 e. The van der Waals surface area contributed by atoms with E-state index in [1.54, 1.807) is 18.3 Å². The van der Waals surface area contributed by atoms with E-state index in [9.17, 15) is 9.18 Å². The van der Waals surface area contributed by atoms with Crippen LogP contribution in [-0.2, 0) is 6.67 Å². The zero-order valence-corrected chi connectivity index (χ0v) is 17.0. The van der Waals surface area contributed by atoms with Crippen molar-refractivity contribution in [2.75, 3.05) is 23.3 Å². The molecule has 3 aromatic rings. The Labute approximate surface area is 176 Å². The molecule has 1 aromatic heterocycles. The summed E-state index contributed by atoms with van der Waals surface area (Å²) in [6, 6.07) is 15.1. The normalized spacial score (nSPS) is 20.9. The number of rotatable bonds is 4. The Kier molecular flexibility index (Phi) is 5.11. The molecule has 4 nitrogen and oxygen atoms in total. The molecule has 0 spiro atoms. The van der Waals surface area contributed by atoms with E-state index in [2.05, 4.69) is 27.3 Å². The monoisotopic (exact) mass is 403 g/mol. The Bertz CT molecular complexity index is 1040. The number of carbonyl (C=O) groups is 1.